The molecule has 0 radical (unpaired) electrons. The summed E-state index contributed by atoms with van der Waals surface area (Å²) >= 11 is 0. The molecule has 0 bridgehead atoms. The number of aromatic amines is 1. The van der Waals surface area contributed by atoms with E-state index in [9.17, 15) is 14.4 Å². The lowest BCUT2D eigenvalue weighted by Crippen LogP contribution is -2.39. The van der Waals surface area contributed by atoms with E-state index in [4.69, 9.17) is 0 Å². The molecule has 0 unspecified atom stereocenters. The van der Waals surface area contributed by atoms with E-state index in [1.54, 1.807) is 11.8 Å². The van der Waals surface area contributed by atoms with E-state index in [0.29, 0.717) is 30.7 Å². The van der Waals surface area contributed by atoms with Crippen molar-refractivity contribution in [3.63, 3.8) is 0 Å². The van der Waals surface area contributed by atoms with E-state index in [2.05, 4.69) is 10.1 Å². The minimum Gasteiger partial charge on any atom is -0.343 e. The average Bonchev–Trinajstić information content (AvgIpc) is 3.06. The highest BCUT2D eigenvalue weighted by atomic mass is 16.2. The summed E-state index contributed by atoms with van der Waals surface area (Å²) in [4.78, 5) is 44.2. The van der Waals surface area contributed by atoms with Gasteiger partial charge in [-0.2, -0.15) is 0 Å². The van der Waals surface area contributed by atoms with Crippen molar-refractivity contribution in [2.75, 3.05) is 19.6 Å². The fourth-order valence-electron chi connectivity index (χ4n) is 3.98. The molecule has 2 aromatic heterocycles. The zero-order valence-electron chi connectivity index (χ0n) is 15.1. The highest BCUT2D eigenvalue weighted by molar-refractivity contribution is 5.73. The lowest BCUT2D eigenvalue weighted by Gasteiger charge is -2.30. The van der Waals surface area contributed by atoms with Crippen molar-refractivity contribution in [3.05, 3.63) is 33.4 Å². The summed E-state index contributed by atoms with van der Waals surface area (Å²) in [6.45, 7) is 5.52. The van der Waals surface area contributed by atoms with Gasteiger partial charge in [0.15, 0.2) is 5.65 Å². The highest BCUT2D eigenvalue weighted by Crippen LogP contribution is 2.27. The summed E-state index contributed by atoms with van der Waals surface area (Å²) in [5, 5.41) is 3.21. The van der Waals surface area contributed by atoms with Crippen LogP contribution in [0.4, 0.5) is 0 Å². The summed E-state index contributed by atoms with van der Waals surface area (Å²) in [7, 11) is 0. The first-order valence-corrected chi connectivity index (χ1v) is 9.08. The quantitative estimate of drug-likeness (QED) is 0.811. The van der Waals surface area contributed by atoms with Crippen molar-refractivity contribution >= 4 is 17.5 Å². The number of rotatable bonds is 1. The largest absolute Gasteiger partial charge is 0.343 e. The highest BCUT2D eigenvalue weighted by Gasteiger charge is 2.26. The number of piperidine rings is 1. The van der Waals surface area contributed by atoms with Crippen LogP contribution in [0, 0.1) is 0 Å². The molecule has 2 aromatic rings. The lowest BCUT2D eigenvalue weighted by molar-refractivity contribution is -0.130. The zero-order valence-corrected chi connectivity index (χ0v) is 15.1. The van der Waals surface area contributed by atoms with Crippen LogP contribution < -0.4 is 5.56 Å². The molecular formula is C18H23N5O3. The van der Waals surface area contributed by atoms with Gasteiger partial charge in [0.05, 0.1) is 17.8 Å². The minimum atomic E-state index is -0.122. The van der Waals surface area contributed by atoms with Gasteiger partial charge in [0.1, 0.15) is 0 Å². The van der Waals surface area contributed by atoms with Gasteiger partial charge in [-0.1, -0.05) is 0 Å². The standard InChI is InChI=1S/C18H23N5O3/c1-11(24)21-6-3-13(4-7-21)16-9-17-19-15-5-8-22(12(2)25)10-14(15)18(26)23(17)20-16/h9,13,20H,3-8,10H2,1-2H3. The van der Waals surface area contributed by atoms with Crippen LogP contribution in [-0.2, 0) is 22.6 Å². The Morgan fingerprint density at radius 3 is 2.46 bits per heavy atom. The number of H-pyrrole nitrogens is 1. The van der Waals surface area contributed by atoms with Gasteiger partial charge in [-0.3, -0.25) is 19.5 Å². The van der Waals surface area contributed by atoms with Crippen molar-refractivity contribution in [3.8, 4) is 0 Å². The molecule has 26 heavy (non-hydrogen) atoms. The first-order chi connectivity index (χ1) is 12.4. The lowest BCUT2D eigenvalue weighted by atomic mass is 9.93. The zero-order chi connectivity index (χ0) is 18.4. The van der Waals surface area contributed by atoms with Gasteiger partial charge in [-0.05, 0) is 12.8 Å². The summed E-state index contributed by atoms with van der Waals surface area (Å²) < 4.78 is 1.50. The third-order valence-corrected chi connectivity index (χ3v) is 5.61. The molecule has 0 atom stereocenters. The van der Waals surface area contributed by atoms with Gasteiger partial charge >= 0.3 is 0 Å². The molecule has 1 N–H and O–H groups in total. The Bertz CT molecular complexity index is 936. The molecule has 0 saturated carbocycles. The number of aromatic nitrogens is 3. The molecule has 2 amide bonds. The molecule has 138 valence electrons. The normalized spacial score (nSPS) is 18.2. The number of hydrogen-bond donors (Lipinski definition) is 1. The Morgan fingerprint density at radius 1 is 1.12 bits per heavy atom. The summed E-state index contributed by atoms with van der Waals surface area (Å²) in [5.41, 5.74) is 2.90. The molecule has 4 rings (SSSR count). The monoisotopic (exact) mass is 357 g/mol. The number of hydrogen-bond acceptors (Lipinski definition) is 4. The number of carbonyl (C=O) groups is 2. The molecule has 0 spiro atoms. The molecule has 2 aliphatic rings. The van der Waals surface area contributed by atoms with Crippen molar-refractivity contribution in [1.29, 1.82) is 0 Å². The average molecular weight is 357 g/mol. The van der Waals surface area contributed by atoms with E-state index in [1.165, 1.54) is 11.4 Å². The molecule has 8 heteroatoms. The van der Waals surface area contributed by atoms with Crippen LogP contribution in [0.1, 0.15) is 49.6 Å². The van der Waals surface area contributed by atoms with Crippen molar-refractivity contribution in [1.82, 2.24) is 24.4 Å². The second kappa shape index (κ2) is 6.26. The molecule has 1 saturated heterocycles. The van der Waals surface area contributed by atoms with Crippen LogP contribution in [0.5, 0.6) is 0 Å². The Labute approximate surface area is 150 Å². The van der Waals surface area contributed by atoms with Crippen molar-refractivity contribution < 1.29 is 9.59 Å². The predicted molar refractivity (Wildman–Crippen MR) is 94.8 cm³/mol. The van der Waals surface area contributed by atoms with E-state index in [0.717, 1.165) is 37.3 Å². The van der Waals surface area contributed by atoms with E-state index < -0.39 is 0 Å². The molecule has 4 heterocycles. The number of fused-ring (bicyclic) bond motifs is 2. The molecular weight excluding hydrogens is 334 g/mol. The third kappa shape index (κ3) is 2.79. The van der Waals surface area contributed by atoms with Crippen molar-refractivity contribution in [2.24, 2.45) is 0 Å². The number of nitrogens with one attached hydrogen (secondary N) is 1. The SMILES string of the molecule is CC(=O)N1CCC(c2cc3nc4c(c(=O)n3[nH]2)CN(C(C)=O)CC4)CC1. The summed E-state index contributed by atoms with van der Waals surface area (Å²) in [6.07, 6.45) is 2.36. The number of likely N-dealkylation sites (tertiary alicyclic amines) is 1. The molecule has 1 fully saturated rings. The van der Waals surface area contributed by atoms with E-state index in [1.807, 2.05) is 11.0 Å². The molecule has 8 nitrogen and oxygen atoms in total. The van der Waals surface area contributed by atoms with Gasteiger partial charge in [0.2, 0.25) is 11.8 Å². The Hall–Kier alpha value is -2.64. The Morgan fingerprint density at radius 2 is 1.81 bits per heavy atom. The van der Waals surface area contributed by atoms with Gasteiger partial charge < -0.3 is 9.80 Å². The van der Waals surface area contributed by atoms with Crippen LogP contribution in [0.15, 0.2) is 10.9 Å². The maximum absolute atomic E-state index is 12.9. The number of nitrogens with zero attached hydrogens (tertiary/aromatic N) is 4. The third-order valence-electron chi connectivity index (χ3n) is 5.61. The maximum atomic E-state index is 12.9. The topological polar surface area (TPSA) is 90.8 Å². The first-order valence-electron chi connectivity index (χ1n) is 9.08. The van der Waals surface area contributed by atoms with Gasteiger partial charge in [0.25, 0.3) is 5.56 Å². The van der Waals surface area contributed by atoms with Crippen LogP contribution in [0.25, 0.3) is 5.65 Å². The summed E-state index contributed by atoms with van der Waals surface area (Å²) in [5.74, 6) is 0.377. The maximum Gasteiger partial charge on any atom is 0.277 e. The molecule has 0 aliphatic carbocycles. The van der Waals surface area contributed by atoms with E-state index >= 15 is 0 Å². The van der Waals surface area contributed by atoms with Crippen molar-refractivity contribution in [2.45, 2.75) is 45.6 Å². The second-order valence-corrected chi connectivity index (χ2v) is 7.22. The van der Waals surface area contributed by atoms with Gasteiger partial charge in [-0.25, -0.2) is 9.50 Å². The number of carbonyl (C=O) groups excluding carboxylic acids is 2. The first kappa shape index (κ1) is 16.8. The van der Waals surface area contributed by atoms with Crippen LogP contribution in [-0.4, -0.2) is 55.8 Å². The fraction of sp³-hybridized carbons (Fsp3) is 0.556. The van der Waals surface area contributed by atoms with Crippen LogP contribution in [0.3, 0.4) is 0 Å². The van der Waals surface area contributed by atoms with Crippen LogP contribution >= 0.6 is 0 Å². The van der Waals surface area contributed by atoms with Crippen LogP contribution in [0.2, 0.25) is 0 Å². The number of amides is 2. The minimum absolute atomic E-state index is 0.0236. The summed E-state index contributed by atoms with van der Waals surface area (Å²) in [6, 6.07) is 1.95. The van der Waals surface area contributed by atoms with Gasteiger partial charge in [-0.15, -0.1) is 0 Å². The molecule has 2 aliphatic heterocycles. The second-order valence-electron chi connectivity index (χ2n) is 7.22. The van der Waals surface area contributed by atoms with E-state index in [-0.39, 0.29) is 23.3 Å². The smallest absolute Gasteiger partial charge is 0.277 e. The van der Waals surface area contributed by atoms with Gasteiger partial charge in [0, 0.05) is 57.6 Å². The predicted octanol–water partition coefficient (Wildman–Crippen LogP) is 0.653. The Kier molecular flexibility index (Phi) is 4.05. The fourth-order valence-corrected chi connectivity index (χ4v) is 3.98. The molecule has 0 aromatic carbocycles. The Balaban J connectivity index is 1.64.